The van der Waals surface area contributed by atoms with Crippen molar-refractivity contribution in [2.24, 2.45) is 12.5 Å². The Balaban J connectivity index is 2.55. The van der Waals surface area contributed by atoms with Gasteiger partial charge in [0.05, 0.1) is 5.69 Å². The van der Waals surface area contributed by atoms with Crippen LogP contribution in [-0.4, -0.2) is 16.3 Å². The zero-order valence-electron chi connectivity index (χ0n) is 11.5. The van der Waals surface area contributed by atoms with Gasteiger partial charge < -0.3 is 5.32 Å². The Labute approximate surface area is 99.2 Å². The van der Waals surface area contributed by atoms with E-state index < -0.39 is 0 Å². The largest absolute Gasteiger partial charge is 0.312 e. The Morgan fingerprint density at radius 1 is 1.31 bits per heavy atom. The molecule has 0 bridgehead atoms. The van der Waals surface area contributed by atoms with Gasteiger partial charge in [-0.2, -0.15) is 5.10 Å². The van der Waals surface area contributed by atoms with Gasteiger partial charge >= 0.3 is 0 Å². The van der Waals surface area contributed by atoms with Crippen LogP contribution in [0.4, 0.5) is 0 Å². The predicted octanol–water partition coefficient (Wildman–Crippen LogP) is 2.56. The minimum atomic E-state index is 0.379. The van der Waals surface area contributed by atoms with Gasteiger partial charge in [-0.15, -0.1) is 0 Å². The molecule has 0 fully saturated rings. The molecule has 0 spiro atoms. The monoisotopic (exact) mass is 223 g/mol. The highest BCUT2D eigenvalue weighted by molar-refractivity contribution is 5.23. The summed E-state index contributed by atoms with van der Waals surface area (Å²) in [7, 11) is 2.00. The van der Waals surface area contributed by atoms with Crippen LogP contribution in [0.2, 0.25) is 0 Å². The van der Waals surface area contributed by atoms with Gasteiger partial charge in [0.25, 0.3) is 0 Å². The van der Waals surface area contributed by atoms with Crippen LogP contribution in [0.3, 0.4) is 0 Å². The molecule has 0 amide bonds. The summed E-state index contributed by atoms with van der Waals surface area (Å²) in [4.78, 5) is 0. The Bertz CT molecular complexity index is 350. The second-order valence-electron chi connectivity index (χ2n) is 5.39. The van der Waals surface area contributed by atoms with Gasteiger partial charge in [0.15, 0.2) is 0 Å². The van der Waals surface area contributed by atoms with E-state index in [4.69, 9.17) is 0 Å². The number of rotatable bonds is 5. The van der Waals surface area contributed by atoms with E-state index in [1.165, 1.54) is 17.7 Å². The van der Waals surface area contributed by atoms with Crippen molar-refractivity contribution in [3.05, 3.63) is 17.0 Å². The zero-order chi connectivity index (χ0) is 12.3. The topological polar surface area (TPSA) is 29.9 Å². The summed E-state index contributed by atoms with van der Waals surface area (Å²) in [6.45, 7) is 13.0. The first-order valence-corrected chi connectivity index (χ1v) is 6.07. The molecule has 0 atom stereocenters. The lowest BCUT2D eigenvalue weighted by molar-refractivity contribution is 0.327. The normalized spacial score (nSPS) is 12.1. The number of nitrogens with one attached hydrogen (secondary N) is 1. The maximum atomic E-state index is 4.42. The van der Waals surface area contributed by atoms with Crippen LogP contribution in [-0.2, 0) is 13.6 Å². The smallest absolute Gasteiger partial charge is 0.0641 e. The lowest BCUT2D eigenvalue weighted by Crippen LogP contribution is -2.28. The molecular formula is C13H25N3. The van der Waals surface area contributed by atoms with E-state index in [2.05, 4.69) is 45.0 Å². The molecule has 3 heteroatoms. The Hall–Kier alpha value is -0.830. The summed E-state index contributed by atoms with van der Waals surface area (Å²) < 4.78 is 1.96. The van der Waals surface area contributed by atoms with Crippen LogP contribution in [0.15, 0.2) is 0 Å². The van der Waals surface area contributed by atoms with Gasteiger partial charge in [-0.25, -0.2) is 0 Å². The standard InChI is InChI=1S/C13H25N3/c1-7-13(4,5)9-14-8-12-10(2)15-16(6)11(12)3/h14H,7-9H2,1-6H3. The summed E-state index contributed by atoms with van der Waals surface area (Å²) >= 11 is 0. The van der Waals surface area contributed by atoms with Crippen molar-refractivity contribution < 1.29 is 0 Å². The van der Waals surface area contributed by atoms with Crippen molar-refractivity contribution in [2.75, 3.05) is 6.54 Å². The van der Waals surface area contributed by atoms with Gasteiger partial charge in [-0.1, -0.05) is 20.8 Å². The third-order valence-corrected chi connectivity index (χ3v) is 3.52. The molecule has 0 unspecified atom stereocenters. The van der Waals surface area contributed by atoms with E-state index in [0.29, 0.717) is 5.41 Å². The first-order valence-electron chi connectivity index (χ1n) is 6.07. The number of hydrogen-bond acceptors (Lipinski definition) is 2. The SMILES string of the molecule is CCC(C)(C)CNCc1c(C)nn(C)c1C. The fourth-order valence-electron chi connectivity index (χ4n) is 1.72. The molecule has 0 aliphatic heterocycles. The number of nitrogens with zero attached hydrogens (tertiary/aromatic N) is 2. The molecule has 16 heavy (non-hydrogen) atoms. The van der Waals surface area contributed by atoms with Gasteiger partial charge in [0.1, 0.15) is 0 Å². The number of aromatic nitrogens is 2. The highest BCUT2D eigenvalue weighted by Crippen LogP contribution is 2.18. The van der Waals surface area contributed by atoms with Crippen LogP contribution in [0.5, 0.6) is 0 Å². The van der Waals surface area contributed by atoms with Crippen LogP contribution >= 0.6 is 0 Å². The van der Waals surface area contributed by atoms with Crippen molar-refractivity contribution in [3.63, 3.8) is 0 Å². The Kier molecular flexibility index (Phi) is 4.14. The summed E-state index contributed by atoms with van der Waals surface area (Å²) in [5.74, 6) is 0. The summed E-state index contributed by atoms with van der Waals surface area (Å²) in [5.41, 5.74) is 4.12. The lowest BCUT2D eigenvalue weighted by atomic mass is 9.90. The van der Waals surface area contributed by atoms with Crippen molar-refractivity contribution in [1.82, 2.24) is 15.1 Å². The van der Waals surface area contributed by atoms with E-state index in [1.807, 2.05) is 11.7 Å². The molecule has 0 saturated carbocycles. The van der Waals surface area contributed by atoms with E-state index in [9.17, 15) is 0 Å². The molecule has 1 heterocycles. The van der Waals surface area contributed by atoms with E-state index in [-0.39, 0.29) is 0 Å². The quantitative estimate of drug-likeness (QED) is 0.831. The van der Waals surface area contributed by atoms with Crippen LogP contribution in [0.1, 0.15) is 44.1 Å². The average molecular weight is 223 g/mol. The summed E-state index contributed by atoms with van der Waals surface area (Å²) in [6, 6.07) is 0. The molecule has 1 N–H and O–H groups in total. The first-order chi connectivity index (χ1) is 7.37. The maximum absolute atomic E-state index is 4.42. The maximum Gasteiger partial charge on any atom is 0.0641 e. The summed E-state index contributed by atoms with van der Waals surface area (Å²) in [6.07, 6.45) is 1.20. The molecule has 3 nitrogen and oxygen atoms in total. The molecule has 1 aromatic rings. The molecule has 0 aliphatic carbocycles. The molecule has 0 aliphatic rings. The Morgan fingerprint density at radius 3 is 2.38 bits per heavy atom. The molecular weight excluding hydrogens is 198 g/mol. The minimum absolute atomic E-state index is 0.379. The third-order valence-electron chi connectivity index (χ3n) is 3.52. The van der Waals surface area contributed by atoms with Crippen molar-refractivity contribution in [3.8, 4) is 0 Å². The van der Waals surface area contributed by atoms with E-state index in [0.717, 1.165) is 18.8 Å². The van der Waals surface area contributed by atoms with Crippen molar-refractivity contribution in [2.45, 2.75) is 47.6 Å². The highest BCUT2D eigenvalue weighted by Gasteiger charge is 2.15. The molecule has 1 rings (SSSR count). The van der Waals surface area contributed by atoms with Crippen molar-refractivity contribution >= 4 is 0 Å². The molecule has 92 valence electrons. The number of aryl methyl sites for hydroxylation is 2. The molecule has 0 aromatic carbocycles. The van der Waals surface area contributed by atoms with Gasteiger partial charge in [0, 0.05) is 31.4 Å². The zero-order valence-corrected chi connectivity index (χ0v) is 11.5. The fourth-order valence-corrected chi connectivity index (χ4v) is 1.72. The first kappa shape index (κ1) is 13.2. The third kappa shape index (κ3) is 3.08. The minimum Gasteiger partial charge on any atom is -0.312 e. The summed E-state index contributed by atoms with van der Waals surface area (Å²) in [5, 5.41) is 7.96. The lowest BCUT2D eigenvalue weighted by Gasteiger charge is -2.23. The van der Waals surface area contributed by atoms with Crippen LogP contribution in [0, 0.1) is 19.3 Å². The van der Waals surface area contributed by atoms with E-state index >= 15 is 0 Å². The Morgan fingerprint density at radius 2 is 1.94 bits per heavy atom. The number of hydrogen-bond donors (Lipinski definition) is 1. The average Bonchev–Trinajstić information content (AvgIpc) is 2.44. The van der Waals surface area contributed by atoms with Gasteiger partial charge in [0.2, 0.25) is 0 Å². The van der Waals surface area contributed by atoms with Crippen LogP contribution < -0.4 is 5.32 Å². The molecule has 1 aromatic heterocycles. The highest BCUT2D eigenvalue weighted by atomic mass is 15.3. The van der Waals surface area contributed by atoms with E-state index in [1.54, 1.807) is 0 Å². The fraction of sp³-hybridized carbons (Fsp3) is 0.769. The van der Waals surface area contributed by atoms with Crippen molar-refractivity contribution in [1.29, 1.82) is 0 Å². The molecule has 0 radical (unpaired) electrons. The van der Waals surface area contributed by atoms with Crippen LogP contribution in [0.25, 0.3) is 0 Å². The molecule has 0 saturated heterocycles. The van der Waals surface area contributed by atoms with Gasteiger partial charge in [-0.05, 0) is 25.7 Å². The second-order valence-corrected chi connectivity index (χ2v) is 5.39. The predicted molar refractivity (Wildman–Crippen MR) is 68.5 cm³/mol. The van der Waals surface area contributed by atoms with Gasteiger partial charge in [-0.3, -0.25) is 4.68 Å². The second kappa shape index (κ2) is 5.00.